The molecule has 0 aliphatic carbocycles. The lowest BCUT2D eigenvalue weighted by atomic mass is 10.0. The molecule has 6 heteroatoms. The first kappa shape index (κ1) is 13.6. The topological polar surface area (TPSA) is 82.0 Å². The van der Waals surface area contributed by atoms with Crippen molar-refractivity contribution in [1.82, 2.24) is 4.98 Å². The minimum Gasteiger partial charge on any atom is -0.323 e. The highest BCUT2D eigenvalue weighted by Crippen LogP contribution is 2.28. The second-order valence-corrected chi connectivity index (χ2v) is 5.61. The van der Waals surface area contributed by atoms with Crippen molar-refractivity contribution < 1.29 is 4.92 Å². The largest absolute Gasteiger partial charge is 0.323 e. The number of rotatable bonds is 4. The zero-order valence-corrected chi connectivity index (χ0v) is 11.6. The first-order valence-electron chi connectivity index (χ1n) is 5.91. The molecular formula is C13H15N3O2S. The number of aryl methyl sites for hydroxylation is 2. The summed E-state index contributed by atoms with van der Waals surface area (Å²) in [4.78, 5) is 15.9. The molecule has 5 nitrogen and oxygen atoms in total. The van der Waals surface area contributed by atoms with Crippen LogP contribution in [0.15, 0.2) is 24.3 Å². The van der Waals surface area contributed by atoms with Gasteiger partial charge in [-0.25, -0.2) is 4.98 Å². The summed E-state index contributed by atoms with van der Waals surface area (Å²) in [5.41, 5.74) is 7.85. The molecule has 100 valence electrons. The number of benzene rings is 1. The average Bonchev–Trinajstić information content (AvgIpc) is 2.69. The van der Waals surface area contributed by atoms with E-state index in [1.54, 1.807) is 29.5 Å². The molecular weight excluding hydrogens is 262 g/mol. The third kappa shape index (κ3) is 2.97. The Bertz CT molecular complexity index is 610. The van der Waals surface area contributed by atoms with Gasteiger partial charge in [0.15, 0.2) is 0 Å². The number of aromatic nitrogens is 1. The summed E-state index contributed by atoms with van der Waals surface area (Å²) in [5.74, 6) is 0. The van der Waals surface area contributed by atoms with Gasteiger partial charge in [0.05, 0.1) is 15.6 Å². The number of hydrogen-bond acceptors (Lipinski definition) is 5. The van der Waals surface area contributed by atoms with E-state index < -0.39 is 0 Å². The van der Waals surface area contributed by atoms with E-state index in [0.29, 0.717) is 12.0 Å². The molecule has 2 rings (SSSR count). The molecule has 19 heavy (non-hydrogen) atoms. The molecule has 1 aromatic carbocycles. The van der Waals surface area contributed by atoms with E-state index in [-0.39, 0.29) is 16.7 Å². The zero-order chi connectivity index (χ0) is 14.0. The minimum absolute atomic E-state index is 0.122. The van der Waals surface area contributed by atoms with Crippen molar-refractivity contribution in [2.45, 2.75) is 26.3 Å². The first-order chi connectivity index (χ1) is 8.99. The second kappa shape index (κ2) is 5.46. The monoisotopic (exact) mass is 277 g/mol. The van der Waals surface area contributed by atoms with Gasteiger partial charge < -0.3 is 5.73 Å². The summed E-state index contributed by atoms with van der Waals surface area (Å²) in [6, 6.07) is 6.45. The molecule has 2 N–H and O–H groups in total. The van der Waals surface area contributed by atoms with Crippen molar-refractivity contribution in [3.05, 3.63) is 55.5 Å². The SMILES string of the molecule is Cc1nc(C)c(C(N)Cc2ccccc2[N+](=O)[O-])s1. The summed E-state index contributed by atoms with van der Waals surface area (Å²) in [6.45, 7) is 3.84. The van der Waals surface area contributed by atoms with Gasteiger partial charge in [-0.05, 0) is 20.3 Å². The number of nitrogens with zero attached hydrogens (tertiary/aromatic N) is 2. The highest BCUT2D eigenvalue weighted by atomic mass is 32.1. The highest BCUT2D eigenvalue weighted by molar-refractivity contribution is 7.11. The van der Waals surface area contributed by atoms with Crippen LogP contribution in [0.2, 0.25) is 0 Å². The number of thiazole rings is 1. The van der Waals surface area contributed by atoms with Crippen molar-refractivity contribution in [1.29, 1.82) is 0 Å². The lowest BCUT2D eigenvalue weighted by molar-refractivity contribution is -0.385. The predicted molar refractivity (Wildman–Crippen MR) is 75.3 cm³/mol. The van der Waals surface area contributed by atoms with Gasteiger partial charge in [-0.15, -0.1) is 11.3 Å². The number of nitro groups is 1. The zero-order valence-electron chi connectivity index (χ0n) is 10.8. The molecule has 0 aliphatic rings. The number of nitro benzene ring substituents is 1. The first-order valence-corrected chi connectivity index (χ1v) is 6.72. The van der Waals surface area contributed by atoms with Crippen molar-refractivity contribution in [2.75, 3.05) is 0 Å². The maximum absolute atomic E-state index is 11.0. The van der Waals surface area contributed by atoms with Gasteiger partial charge in [0.2, 0.25) is 0 Å². The maximum atomic E-state index is 11.0. The van der Waals surface area contributed by atoms with E-state index in [2.05, 4.69) is 4.98 Å². The molecule has 1 atom stereocenters. The number of hydrogen-bond donors (Lipinski definition) is 1. The van der Waals surface area contributed by atoms with Crippen LogP contribution in [0.25, 0.3) is 0 Å². The third-order valence-electron chi connectivity index (χ3n) is 2.90. The van der Waals surface area contributed by atoms with Crippen LogP contribution in [0.4, 0.5) is 5.69 Å². The molecule has 0 radical (unpaired) electrons. The Morgan fingerprint density at radius 2 is 2.11 bits per heavy atom. The van der Waals surface area contributed by atoms with Crippen LogP contribution >= 0.6 is 11.3 Å². The molecule has 0 aliphatic heterocycles. The van der Waals surface area contributed by atoms with Gasteiger partial charge in [-0.2, -0.15) is 0 Å². The van der Waals surface area contributed by atoms with Crippen LogP contribution in [0.1, 0.15) is 27.2 Å². The quantitative estimate of drug-likeness (QED) is 0.688. The average molecular weight is 277 g/mol. The molecule has 0 saturated heterocycles. The molecule has 2 aromatic rings. The van der Waals surface area contributed by atoms with Gasteiger partial charge in [0, 0.05) is 22.5 Å². The summed E-state index contributed by atoms with van der Waals surface area (Å²) in [6.07, 6.45) is 0.444. The van der Waals surface area contributed by atoms with Crippen LogP contribution in [-0.4, -0.2) is 9.91 Å². The summed E-state index contributed by atoms with van der Waals surface area (Å²) in [5, 5.41) is 11.9. The fourth-order valence-corrected chi connectivity index (χ4v) is 3.01. The number of nitrogens with two attached hydrogens (primary N) is 1. The molecule has 0 bridgehead atoms. The van der Waals surface area contributed by atoms with Crippen LogP contribution in [-0.2, 0) is 6.42 Å². The van der Waals surface area contributed by atoms with Gasteiger partial charge in [-0.1, -0.05) is 18.2 Å². The van der Waals surface area contributed by atoms with Crippen LogP contribution in [0.5, 0.6) is 0 Å². The van der Waals surface area contributed by atoms with Crippen molar-refractivity contribution in [3.8, 4) is 0 Å². The van der Waals surface area contributed by atoms with Gasteiger partial charge >= 0.3 is 0 Å². The standard InChI is InChI=1S/C13H15N3O2S/c1-8-13(19-9(2)15-8)11(14)7-10-5-3-4-6-12(10)16(17)18/h3-6,11H,7,14H2,1-2H3. The number of para-hydroxylation sites is 1. The van der Waals surface area contributed by atoms with Gasteiger partial charge in [0.25, 0.3) is 5.69 Å². The Kier molecular flexibility index (Phi) is 3.92. The molecule has 1 heterocycles. The minimum atomic E-state index is -0.368. The molecule has 1 aromatic heterocycles. The summed E-state index contributed by atoms with van der Waals surface area (Å²) >= 11 is 1.55. The predicted octanol–water partition coefficient (Wildman–Crippen LogP) is 2.91. The lowest BCUT2D eigenvalue weighted by Crippen LogP contribution is -2.14. The Morgan fingerprint density at radius 1 is 1.42 bits per heavy atom. The van der Waals surface area contributed by atoms with Crippen molar-refractivity contribution in [3.63, 3.8) is 0 Å². The fourth-order valence-electron chi connectivity index (χ4n) is 2.08. The summed E-state index contributed by atoms with van der Waals surface area (Å²) in [7, 11) is 0. The highest BCUT2D eigenvalue weighted by Gasteiger charge is 2.19. The molecule has 0 spiro atoms. The van der Waals surface area contributed by atoms with Gasteiger partial charge in [-0.3, -0.25) is 10.1 Å². The second-order valence-electron chi connectivity index (χ2n) is 4.38. The van der Waals surface area contributed by atoms with E-state index >= 15 is 0 Å². The Labute approximate surface area is 115 Å². The maximum Gasteiger partial charge on any atom is 0.272 e. The Balaban J connectivity index is 2.26. The van der Waals surface area contributed by atoms with E-state index in [4.69, 9.17) is 5.73 Å². The van der Waals surface area contributed by atoms with E-state index in [1.807, 2.05) is 13.8 Å². The fraction of sp³-hybridized carbons (Fsp3) is 0.308. The Hall–Kier alpha value is -1.79. The van der Waals surface area contributed by atoms with E-state index in [0.717, 1.165) is 15.6 Å². The smallest absolute Gasteiger partial charge is 0.272 e. The van der Waals surface area contributed by atoms with E-state index in [1.165, 1.54) is 6.07 Å². The summed E-state index contributed by atoms with van der Waals surface area (Å²) < 4.78 is 0. The molecule has 0 fully saturated rings. The van der Waals surface area contributed by atoms with Crippen LogP contribution < -0.4 is 5.73 Å². The van der Waals surface area contributed by atoms with E-state index in [9.17, 15) is 10.1 Å². The lowest BCUT2D eigenvalue weighted by Gasteiger charge is -2.10. The van der Waals surface area contributed by atoms with Crippen molar-refractivity contribution in [2.24, 2.45) is 5.73 Å². The molecule has 0 saturated carbocycles. The third-order valence-corrected chi connectivity index (χ3v) is 4.11. The Morgan fingerprint density at radius 3 is 2.68 bits per heavy atom. The van der Waals surface area contributed by atoms with Crippen molar-refractivity contribution >= 4 is 17.0 Å². The van der Waals surface area contributed by atoms with Gasteiger partial charge in [0.1, 0.15) is 0 Å². The molecule has 0 amide bonds. The molecule has 1 unspecified atom stereocenters. The van der Waals surface area contributed by atoms with Crippen LogP contribution in [0, 0.1) is 24.0 Å². The normalized spacial score (nSPS) is 12.4. The van der Waals surface area contributed by atoms with Crippen LogP contribution in [0.3, 0.4) is 0 Å².